The number of ether oxygens (including phenoxy) is 1. The Labute approximate surface area is 124 Å². The maximum Gasteiger partial charge on any atom is 0.416 e. The van der Waals surface area contributed by atoms with Crippen molar-refractivity contribution in [2.45, 2.75) is 50.0 Å². The van der Waals surface area contributed by atoms with Crippen molar-refractivity contribution in [3.8, 4) is 5.75 Å². The van der Waals surface area contributed by atoms with Crippen molar-refractivity contribution in [2.75, 3.05) is 0 Å². The lowest BCUT2D eigenvalue weighted by atomic mass is 10.0. The summed E-state index contributed by atoms with van der Waals surface area (Å²) >= 11 is 5.55. The zero-order valence-electron chi connectivity index (χ0n) is 11.0. The van der Waals surface area contributed by atoms with Gasteiger partial charge in [-0.2, -0.15) is 13.2 Å². The Bertz CT molecular complexity index is 537. The Morgan fingerprint density at radius 1 is 1.14 bits per heavy atom. The van der Waals surface area contributed by atoms with Crippen molar-refractivity contribution in [3.05, 3.63) is 28.5 Å². The third-order valence-electron chi connectivity index (χ3n) is 4.05. The Morgan fingerprint density at radius 3 is 2.33 bits per heavy atom. The molecule has 3 atom stereocenters. The number of hydrogen-bond donors (Lipinski definition) is 1. The topological polar surface area (TPSA) is 21.3 Å². The number of halogens is 5. The van der Waals surface area contributed by atoms with Gasteiger partial charge in [-0.15, -0.1) is 0 Å². The number of benzene rings is 1. The van der Waals surface area contributed by atoms with Gasteiger partial charge in [0.2, 0.25) is 0 Å². The highest BCUT2D eigenvalue weighted by Crippen LogP contribution is 2.38. The van der Waals surface area contributed by atoms with E-state index >= 15 is 0 Å². The summed E-state index contributed by atoms with van der Waals surface area (Å²) in [5, 5.41) is 2.82. The third-order valence-corrected chi connectivity index (χ3v) is 4.32. The molecule has 0 aliphatic carbocycles. The van der Waals surface area contributed by atoms with E-state index in [2.05, 4.69) is 5.32 Å². The van der Waals surface area contributed by atoms with E-state index in [1.54, 1.807) is 0 Å². The number of piperidine rings is 1. The first-order valence-corrected chi connectivity index (χ1v) is 7.19. The van der Waals surface area contributed by atoms with Crippen molar-refractivity contribution in [2.24, 2.45) is 0 Å². The molecule has 1 aromatic carbocycles. The number of rotatable bonds is 2. The van der Waals surface area contributed by atoms with Crippen LogP contribution in [0.25, 0.3) is 0 Å². The number of fused-ring (bicyclic) bond motifs is 2. The third kappa shape index (κ3) is 3.11. The van der Waals surface area contributed by atoms with Gasteiger partial charge in [-0.3, -0.25) is 0 Å². The Hall–Kier alpha value is -1.01. The lowest BCUT2D eigenvalue weighted by Gasteiger charge is -2.29. The molecular weight excluding hydrogens is 310 g/mol. The minimum absolute atomic E-state index is 0.280. The standard InChI is InChI=1S/C14H14ClF4NO/c15-11-3-7(14(17,18)19)4-12(13(11)16)21-10-5-8-1-2-9(6-10)20-8/h3-4,8-10,20H,1-2,5-6H2/t8-,9+,10+. The number of alkyl halides is 3. The predicted molar refractivity (Wildman–Crippen MR) is 70.0 cm³/mol. The van der Waals surface area contributed by atoms with Crippen LogP contribution in [0.3, 0.4) is 0 Å². The Kier molecular flexibility index (Phi) is 3.78. The molecule has 2 nitrogen and oxygen atoms in total. The van der Waals surface area contributed by atoms with E-state index in [0.29, 0.717) is 37.1 Å². The zero-order valence-corrected chi connectivity index (χ0v) is 11.8. The van der Waals surface area contributed by atoms with E-state index in [9.17, 15) is 17.6 Å². The molecule has 2 saturated heterocycles. The van der Waals surface area contributed by atoms with E-state index in [1.807, 2.05) is 0 Å². The summed E-state index contributed by atoms with van der Waals surface area (Å²) in [6.45, 7) is 0. The quantitative estimate of drug-likeness (QED) is 0.825. The summed E-state index contributed by atoms with van der Waals surface area (Å²) < 4.78 is 57.6. The van der Waals surface area contributed by atoms with Gasteiger partial charge in [0, 0.05) is 12.1 Å². The van der Waals surface area contributed by atoms with Crippen molar-refractivity contribution < 1.29 is 22.3 Å². The maximum absolute atomic E-state index is 13.9. The van der Waals surface area contributed by atoms with Crippen molar-refractivity contribution >= 4 is 11.6 Å². The number of hydrogen-bond acceptors (Lipinski definition) is 2. The molecule has 0 unspecified atom stereocenters. The van der Waals surface area contributed by atoms with E-state index in [0.717, 1.165) is 12.8 Å². The average Bonchev–Trinajstić information content (AvgIpc) is 2.73. The monoisotopic (exact) mass is 323 g/mol. The fourth-order valence-corrected chi connectivity index (χ4v) is 3.30. The normalized spacial score (nSPS) is 28.7. The molecule has 7 heteroatoms. The summed E-state index contributed by atoms with van der Waals surface area (Å²) in [6, 6.07) is 1.87. The second-order valence-electron chi connectivity index (χ2n) is 5.62. The molecule has 2 aliphatic rings. The lowest BCUT2D eigenvalue weighted by molar-refractivity contribution is -0.137. The maximum atomic E-state index is 13.9. The molecule has 21 heavy (non-hydrogen) atoms. The van der Waals surface area contributed by atoms with Crippen molar-refractivity contribution in [1.29, 1.82) is 0 Å². The van der Waals surface area contributed by atoms with Crippen LogP contribution in [0, 0.1) is 5.82 Å². The van der Waals surface area contributed by atoms with Gasteiger partial charge in [-0.05, 0) is 37.8 Å². The van der Waals surface area contributed by atoms with Gasteiger partial charge in [0.1, 0.15) is 6.10 Å². The molecule has 2 bridgehead atoms. The van der Waals surface area contributed by atoms with Crippen LogP contribution in [0.15, 0.2) is 12.1 Å². The molecule has 0 aromatic heterocycles. The van der Waals surface area contributed by atoms with Gasteiger partial charge < -0.3 is 10.1 Å². The predicted octanol–water partition coefficient (Wildman–Crippen LogP) is 4.16. The molecule has 0 radical (unpaired) electrons. The molecule has 0 saturated carbocycles. The minimum atomic E-state index is -4.58. The molecular formula is C14H14ClF4NO. The molecule has 116 valence electrons. The molecule has 1 N–H and O–H groups in total. The molecule has 1 aromatic rings. The average molecular weight is 324 g/mol. The van der Waals surface area contributed by atoms with Gasteiger partial charge in [-0.25, -0.2) is 4.39 Å². The summed E-state index contributed by atoms with van der Waals surface area (Å²) in [4.78, 5) is 0. The summed E-state index contributed by atoms with van der Waals surface area (Å²) in [6.07, 6.45) is -1.47. The van der Waals surface area contributed by atoms with Crippen LogP contribution in [-0.4, -0.2) is 18.2 Å². The molecule has 2 aliphatic heterocycles. The summed E-state index contributed by atoms with van der Waals surface area (Å²) in [7, 11) is 0. The van der Waals surface area contributed by atoms with Crippen LogP contribution in [0.1, 0.15) is 31.2 Å². The van der Waals surface area contributed by atoms with Crippen molar-refractivity contribution in [1.82, 2.24) is 5.32 Å². The highest BCUT2D eigenvalue weighted by atomic mass is 35.5. The van der Waals surface area contributed by atoms with Crippen LogP contribution in [-0.2, 0) is 6.18 Å². The summed E-state index contributed by atoms with van der Waals surface area (Å²) in [5.74, 6) is -1.35. The lowest BCUT2D eigenvalue weighted by Crippen LogP contribution is -2.42. The van der Waals surface area contributed by atoms with Crippen LogP contribution in [0.5, 0.6) is 5.75 Å². The molecule has 2 heterocycles. The highest BCUT2D eigenvalue weighted by molar-refractivity contribution is 6.31. The minimum Gasteiger partial charge on any atom is -0.487 e. The van der Waals surface area contributed by atoms with Crippen molar-refractivity contribution in [3.63, 3.8) is 0 Å². The molecule has 3 rings (SSSR count). The van der Waals surface area contributed by atoms with Gasteiger partial charge >= 0.3 is 6.18 Å². The van der Waals surface area contributed by atoms with Gasteiger partial charge in [0.15, 0.2) is 11.6 Å². The van der Waals surface area contributed by atoms with Crippen LogP contribution < -0.4 is 10.1 Å². The molecule has 0 amide bonds. The second-order valence-corrected chi connectivity index (χ2v) is 6.02. The van der Waals surface area contributed by atoms with Gasteiger partial charge in [-0.1, -0.05) is 11.6 Å². The van der Waals surface area contributed by atoms with E-state index in [-0.39, 0.29) is 6.10 Å². The fourth-order valence-electron chi connectivity index (χ4n) is 3.09. The SMILES string of the molecule is Fc1c(Cl)cc(C(F)(F)F)cc1O[C@H]1C[C@H]2CC[C@@H](C1)N2. The van der Waals surface area contributed by atoms with Crippen LogP contribution in [0.2, 0.25) is 5.02 Å². The van der Waals surface area contributed by atoms with Crippen LogP contribution >= 0.6 is 11.6 Å². The Morgan fingerprint density at radius 2 is 1.76 bits per heavy atom. The van der Waals surface area contributed by atoms with Crippen LogP contribution in [0.4, 0.5) is 17.6 Å². The van der Waals surface area contributed by atoms with E-state index < -0.39 is 28.3 Å². The molecule has 2 fully saturated rings. The Balaban J connectivity index is 1.83. The van der Waals surface area contributed by atoms with Gasteiger partial charge in [0.25, 0.3) is 0 Å². The highest BCUT2D eigenvalue weighted by Gasteiger charge is 2.36. The second kappa shape index (κ2) is 5.32. The number of nitrogens with one attached hydrogen (secondary N) is 1. The summed E-state index contributed by atoms with van der Waals surface area (Å²) in [5.41, 5.74) is -0.999. The zero-order chi connectivity index (χ0) is 15.2. The largest absolute Gasteiger partial charge is 0.487 e. The fraction of sp³-hybridized carbons (Fsp3) is 0.571. The van der Waals surface area contributed by atoms with E-state index in [1.165, 1.54) is 0 Å². The smallest absolute Gasteiger partial charge is 0.416 e. The van der Waals surface area contributed by atoms with E-state index in [4.69, 9.17) is 16.3 Å². The first-order valence-electron chi connectivity index (χ1n) is 6.82. The van der Waals surface area contributed by atoms with Gasteiger partial charge in [0.05, 0.1) is 10.6 Å². The first kappa shape index (κ1) is 14.9. The molecule has 0 spiro atoms. The first-order chi connectivity index (χ1) is 9.83.